The van der Waals surface area contributed by atoms with Gasteiger partial charge in [0.25, 0.3) is 0 Å². The Morgan fingerprint density at radius 2 is 0.889 bits per heavy atom. The maximum absolute atomic E-state index is 9.72. The van der Waals surface area contributed by atoms with Crippen molar-refractivity contribution in [3.63, 3.8) is 0 Å². The van der Waals surface area contributed by atoms with Crippen molar-refractivity contribution in [2.45, 2.75) is 5.15 Å². The molecule has 0 aliphatic heterocycles. The third-order valence-corrected chi connectivity index (χ3v) is 35.0. The van der Waals surface area contributed by atoms with Gasteiger partial charge in [-0.05, 0) is 0 Å². The van der Waals surface area contributed by atoms with Gasteiger partial charge in [-0.25, -0.2) is 0 Å². The maximum Gasteiger partial charge on any atom is 0.149 e. The van der Waals surface area contributed by atoms with Crippen LogP contribution in [-0.4, -0.2) is 16.9 Å². The van der Waals surface area contributed by atoms with Crippen molar-refractivity contribution < 1.29 is 5.11 Å². The minimum absolute atomic E-state index is 0.0114. The van der Waals surface area contributed by atoms with Crippen LogP contribution in [0.4, 0.5) is 0 Å². The number of alkyl halides is 11. The zero-order valence-electron chi connectivity index (χ0n) is 7.81. The van der Waals surface area contributed by atoms with Crippen LogP contribution < -0.4 is 0 Å². The topological polar surface area (TPSA) is 20.2 Å². The molecule has 0 fully saturated rings. The fraction of sp³-hybridized carbons (Fsp3) is 1.00. The first-order valence-corrected chi connectivity index (χ1v) is 15.6. The first-order chi connectivity index (χ1) is 7.56. The van der Waals surface area contributed by atoms with Crippen molar-refractivity contribution in [1.82, 2.24) is 0 Å². The average molecular weight is 1490 g/mol. The molecule has 0 atom stereocenters. The Morgan fingerprint density at radius 3 is 1.11 bits per heavy atom. The van der Waals surface area contributed by atoms with Crippen LogP contribution in [0.3, 0.4) is 0 Å². The third kappa shape index (κ3) is 5.74. The highest BCUT2D eigenvalue weighted by Crippen LogP contribution is 2.73. The number of hydrogen-bond donors (Lipinski definition) is 1. The summed E-state index contributed by atoms with van der Waals surface area (Å²) < 4.78 is -0.293. The molecule has 0 aromatic carbocycles. The zero-order chi connectivity index (χ0) is 15.2. The summed E-state index contributed by atoms with van der Waals surface area (Å²) in [4.78, 5) is 0. The van der Waals surface area contributed by atoms with E-state index in [0.29, 0.717) is 0 Å². The van der Waals surface area contributed by atoms with E-state index >= 15 is 0 Å². The molecule has 0 spiro atoms. The van der Waals surface area contributed by atoms with E-state index in [1.54, 1.807) is 0 Å². The number of aliphatic hydroxyl groups is 1. The third-order valence-electron chi connectivity index (χ3n) is 1.80. The average Bonchev–Trinajstić information content (AvgIpc) is 2.15. The van der Waals surface area contributed by atoms with E-state index in [2.05, 4.69) is 248 Å². The van der Waals surface area contributed by atoms with Crippen molar-refractivity contribution in [2.24, 2.45) is 0 Å². The molecule has 0 rings (SSSR count). The minimum atomic E-state index is -0.219. The van der Waals surface area contributed by atoms with E-state index in [9.17, 15) is 5.11 Å². The van der Waals surface area contributed by atoms with Gasteiger partial charge in [-0.3, -0.25) is 0 Å². The van der Waals surface area contributed by atoms with Gasteiger partial charge in [0.15, 0.2) is 0 Å². The molecule has 0 aliphatic rings. The maximum atomic E-state index is 9.72. The normalized spacial score (nSPS) is 16.0. The van der Waals surface area contributed by atoms with Gasteiger partial charge in [-0.15, -0.1) is 0 Å². The number of hydrogen-bond acceptors (Lipinski definition) is 1. The molecule has 0 heterocycles. The summed E-state index contributed by atoms with van der Waals surface area (Å²) in [6.07, 6.45) is 0. The van der Waals surface area contributed by atoms with Crippen molar-refractivity contribution >= 4 is 248 Å². The van der Waals surface area contributed by atoms with Crippen molar-refractivity contribution in [1.29, 1.82) is 0 Å². The van der Waals surface area contributed by atoms with Gasteiger partial charge in [0.2, 0.25) is 0 Å². The van der Waals surface area contributed by atoms with E-state index in [-0.39, 0.29) is 11.8 Å². The summed E-state index contributed by atoms with van der Waals surface area (Å²) in [6.45, 7) is 0.161. The zero-order valence-corrected chi connectivity index (χ0v) is 31.5. The van der Waals surface area contributed by atoms with E-state index in [1.807, 2.05) is 0 Å². The number of aliphatic hydroxyl groups excluding tert-OH is 1. The molecular weight excluding hydrogens is 1480 g/mol. The molecule has 0 aliphatic carbocycles. The molecule has 1 N–H and O–H groups in total. The minimum Gasteiger partial charge on any atom is -0.394 e. The molecule has 0 saturated heterocycles. The first-order valence-electron chi connectivity index (χ1n) is 3.75. The summed E-state index contributed by atoms with van der Waals surface area (Å²) >= 11 is 27.5. The van der Waals surface area contributed by atoms with Gasteiger partial charge in [0.05, 0.1) is 6.61 Å². The SMILES string of the molecule is OCC(I)(I)C(I)(I)C(I)(I)C(I)(I)C(I)(I)I. The van der Waals surface area contributed by atoms with Gasteiger partial charge in [-0.2, -0.15) is 0 Å². The van der Waals surface area contributed by atoms with E-state index in [4.69, 9.17) is 0 Å². The summed E-state index contributed by atoms with van der Waals surface area (Å²) in [5.41, 5.74) is 0. The summed E-state index contributed by atoms with van der Waals surface area (Å²) in [6, 6.07) is 0. The van der Waals surface area contributed by atoms with Crippen LogP contribution in [0.25, 0.3) is 0 Å². The molecular formula is C6H3I11O. The van der Waals surface area contributed by atoms with E-state index in [0.717, 1.165) is 0 Å². The fourth-order valence-electron chi connectivity index (χ4n) is 0.704. The summed E-state index contributed by atoms with van der Waals surface area (Å²) in [7, 11) is 0. The summed E-state index contributed by atoms with van der Waals surface area (Å²) in [5.74, 6) is 0. The van der Waals surface area contributed by atoms with Gasteiger partial charge < -0.3 is 5.11 Å². The highest BCUT2D eigenvalue weighted by atomic mass is 127. The first kappa shape index (κ1) is 26.0. The van der Waals surface area contributed by atoms with Crippen LogP contribution in [0, 0.1) is 0 Å². The Bertz CT molecular complexity index is 303. The number of rotatable bonds is 5. The molecule has 1 nitrogen and oxygen atoms in total. The van der Waals surface area contributed by atoms with Crippen LogP contribution in [0.5, 0.6) is 0 Å². The van der Waals surface area contributed by atoms with E-state index < -0.39 is 0 Å². The lowest BCUT2D eigenvalue weighted by molar-refractivity contribution is 0.292. The second-order valence-corrected chi connectivity index (χ2v) is 35.8. The Labute approximate surface area is 257 Å². The molecule has 0 aromatic rings. The predicted octanol–water partition coefficient (Wildman–Crippen LogP) is 8.20. The Morgan fingerprint density at radius 1 is 0.556 bits per heavy atom. The largest absolute Gasteiger partial charge is 0.394 e. The van der Waals surface area contributed by atoms with Gasteiger partial charge in [0.1, 0.15) is 5.15 Å². The number of halogens is 11. The van der Waals surface area contributed by atoms with Crippen LogP contribution in [0.2, 0.25) is 0 Å². The van der Waals surface area contributed by atoms with Crippen LogP contribution in [0.15, 0.2) is 0 Å². The van der Waals surface area contributed by atoms with Gasteiger partial charge in [-0.1, -0.05) is 248 Å². The lowest BCUT2D eigenvalue weighted by atomic mass is 10.2. The van der Waals surface area contributed by atoms with Crippen molar-refractivity contribution in [3.8, 4) is 0 Å². The molecule has 110 valence electrons. The monoisotopic (exact) mass is 1490 g/mol. The predicted molar refractivity (Wildman–Crippen MR) is 175 cm³/mol. The molecule has 0 radical (unpaired) electrons. The Kier molecular flexibility index (Phi) is 13.7. The lowest BCUT2D eigenvalue weighted by Gasteiger charge is -2.51. The Hall–Kier alpha value is 7.99. The van der Waals surface area contributed by atoms with Gasteiger partial charge in [0, 0.05) is 0 Å². The molecule has 18 heavy (non-hydrogen) atoms. The lowest BCUT2D eigenvalue weighted by Crippen LogP contribution is -2.59. The highest BCUT2D eigenvalue weighted by Gasteiger charge is 2.68. The van der Waals surface area contributed by atoms with Crippen molar-refractivity contribution in [3.05, 3.63) is 0 Å². The second-order valence-electron chi connectivity index (χ2n) is 3.08. The van der Waals surface area contributed by atoms with Crippen molar-refractivity contribution in [2.75, 3.05) is 6.61 Å². The van der Waals surface area contributed by atoms with Gasteiger partial charge >= 0.3 is 0 Å². The molecule has 0 aromatic heterocycles. The molecule has 0 unspecified atom stereocenters. The van der Waals surface area contributed by atoms with Crippen LogP contribution in [0.1, 0.15) is 0 Å². The molecule has 0 saturated carbocycles. The standard InChI is InChI=1S/C6H3I11O/c7-2(8,1-18)3(9,10)4(11,12)5(13,14)6(15,16)17/h18H,1H2. The molecule has 0 bridgehead atoms. The molecule has 12 heteroatoms. The van der Waals surface area contributed by atoms with Crippen LogP contribution >= 0.6 is 248 Å². The van der Waals surface area contributed by atoms with E-state index in [1.165, 1.54) is 0 Å². The second kappa shape index (κ2) is 9.46. The summed E-state index contributed by atoms with van der Waals surface area (Å²) in [5, 5.41) is 9.72. The van der Waals surface area contributed by atoms with Crippen LogP contribution in [-0.2, 0) is 0 Å². The molecule has 0 amide bonds. The Balaban J connectivity index is 5.80. The highest BCUT2D eigenvalue weighted by molar-refractivity contribution is 14.3. The fourth-order valence-corrected chi connectivity index (χ4v) is 13.6. The quantitative estimate of drug-likeness (QED) is 0.218. The smallest absolute Gasteiger partial charge is 0.149 e.